The first kappa shape index (κ1) is 10.2. The number of piperazine rings is 1. The van der Waals surface area contributed by atoms with Gasteiger partial charge in [-0.3, -0.25) is 4.79 Å². The minimum atomic E-state index is 0.0731. The zero-order chi connectivity index (χ0) is 10.8. The van der Waals surface area contributed by atoms with Crippen molar-refractivity contribution in [1.29, 1.82) is 0 Å². The molecule has 1 saturated heterocycles. The number of imidazole rings is 1. The van der Waals surface area contributed by atoms with Crippen molar-refractivity contribution in [2.45, 2.75) is 13.0 Å². The SMILES string of the molecule is C[C@@H]1CNCCN1C(=O)c1cncn1C. The number of hydrogen-bond acceptors (Lipinski definition) is 3. The summed E-state index contributed by atoms with van der Waals surface area (Å²) in [4.78, 5) is 18.0. The van der Waals surface area contributed by atoms with Gasteiger partial charge in [0.2, 0.25) is 0 Å². The number of aryl methyl sites for hydroxylation is 1. The van der Waals surface area contributed by atoms with Gasteiger partial charge in [0.1, 0.15) is 5.69 Å². The molecule has 1 aromatic rings. The average molecular weight is 208 g/mol. The van der Waals surface area contributed by atoms with Crippen LogP contribution in [0.5, 0.6) is 0 Å². The van der Waals surface area contributed by atoms with Crippen LogP contribution in [-0.4, -0.2) is 46.0 Å². The maximum atomic E-state index is 12.1. The van der Waals surface area contributed by atoms with E-state index in [9.17, 15) is 4.79 Å². The van der Waals surface area contributed by atoms with Gasteiger partial charge in [0.05, 0.1) is 12.5 Å². The zero-order valence-electron chi connectivity index (χ0n) is 9.10. The van der Waals surface area contributed by atoms with Crippen molar-refractivity contribution in [2.24, 2.45) is 7.05 Å². The molecular formula is C10H16N4O. The molecule has 0 saturated carbocycles. The summed E-state index contributed by atoms with van der Waals surface area (Å²) in [6.45, 7) is 4.56. The van der Waals surface area contributed by atoms with Crippen molar-refractivity contribution in [3.8, 4) is 0 Å². The molecule has 0 bridgehead atoms. The molecule has 0 unspecified atom stereocenters. The van der Waals surface area contributed by atoms with Gasteiger partial charge in [-0.1, -0.05) is 0 Å². The lowest BCUT2D eigenvalue weighted by atomic mass is 10.2. The molecule has 5 heteroatoms. The van der Waals surface area contributed by atoms with Crippen molar-refractivity contribution < 1.29 is 4.79 Å². The Morgan fingerprint density at radius 3 is 3.07 bits per heavy atom. The third-order valence-corrected chi connectivity index (χ3v) is 2.80. The Morgan fingerprint density at radius 2 is 2.47 bits per heavy atom. The number of nitrogens with one attached hydrogen (secondary N) is 1. The van der Waals surface area contributed by atoms with E-state index >= 15 is 0 Å². The summed E-state index contributed by atoms with van der Waals surface area (Å²) in [5.74, 6) is 0.0731. The Kier molecular flexibility index (Phi) is 2.73. The summed E-state index contributed by atoms with van der Waals surface area (Å²) < 4.78 is 1.76. The van der Waals surface area contributed by atoms with Crippen LogP contribution in [0.25, 0.3) is 0 Å². The van der Waals surface area contributed by atoms with Crippen molar-refractivity contribution >= 4 is 5.91 Å². The normalized spacial score (nSPS) is 21.7. The fourth-order valence-electron chi connectivity index (χ4n) is 1.85. The Hall–Kier alpha value is -1.36. The summed E-state index contributed by atoms with van der Waals surface area (Å²) in [5, 5.41) is 3.26. The van der Waals surface area contributed by atoms with Gasteiger partial charge in [-0.05, 0) is 6.92 Å². The molecule has 82 valence electrons. The third kappa shape index (κ3) is 1.87. The summed E-state index contributed by atoms with van der Waals surface area (Å²) in [6.07, 6.45) is 3.27. The maximum Gasteiger partial charge on any atom is 0.272 e. The fraction of sp³-hybridized carbons (Fsp3) is 0.600. The number of hydrogen-bond donors (Lipinski definition) is 1. The van der Waals surface area contributed by atoms with Crippen LogP contribution in [0.3, 0.4) is 0 Å². The van der Waals surface area contributed by atoms with Crippen LogP contribution in [0.2, 0.25) is 0 Å². The Bertz CT molecular complexity index is 360. The average Bonchev–Trinajstić information content (AvgIpc) is 2.64. The minimum absolute atomic E-state index is 0.0731. The van der Waals surface area contributed by atoms with E-state index in [1.54, 1.807) is 17.1 Å². The molecule has 1 atom stereocenters. The van der Waals surface area contributed by atoms with E-state index in [1.807, 2.05) is 11.9 Å². The van der Waals surface area contributed by atoms with Gasteiger partial charge in [-0.25, -0.2) is 4.98 Å². The topological polar surface area (TPSA) is 50.2 Å². The van der Waals surface area contributed by atoms with Crippen molar-refractivity contribution in [3.05, 3.63) is 18.2 Å². The van der Waals surface area contributed by atoms with Crippen LogP contribution < -0.4 is 5.32 Å². The number of aromatic nitrogens is 2. The van der Waals surface area contributed by atoms with E-state index < -0.39 is 0 Å². The van der Waals surface area contributed by atoms with Gasteiger partial charge in [-0.15, -0.1) is 0 Å². The molecule has 0 radical (unpaired) electrons. The van der Waals surface area contributed by atoms with Gasteiger partial charge in [-0.2, -0.15) is 0 Å². The smallest absolute Gasteiger partial charge is 0.272 e. The molecule has 0 spiro atoms. The monoisotopic (exact) mass is 208 g/mol. The van der Waals surface area contributed by atoms with Gasteiger partial charge in [0.25, 0.3) is 5.91 Å². The molecule has 1 aliphatic heterocycles. The molecule has 0 aromatic carbocycles. The molecule has 1 aliphatic rings. The van der Waals surface area contributed by atoms with E-state index in [4.69, 9.17) is 0 Å². The molecule has 2 heterocycles. The summed E-state index contributed by atoms with van der Waals surface area (Å²) >= 11 is 0. The van der Waals surface area contributed by atoms with Crippen LogP contribution in [-0.2, 0) is 7.05 Å². The highest BCUT2D eigenvalue weighted by atomic mass is 16.2. The van der Waals surface area contributed by atoms with Crippen molar-refractivity contribution in [1.82, 2.24) is 19.8 Å². The van der Waals surface area contributed by atoms with Gasteiger partial charge >= 0.3 is 0 Å². The van der Waals surface area contributed by atoms with E-state index in [1.165, 1.54) is 0 Å². The van der Waals surface area contributed by atoms with Crippen LogP contribution in [0, 0.1) is 0 Å². The lowest BCUT2D eigenvalue weighted by molar-refractivity contribution is 0.0646. The summed E-state index contributed by atoms with van der Waals surface area (Å²) in [6, 6.07) is 0.251. The van der Waals surface area contributed by atoms with E-state index in [0.717, 1.165) is 19.6 Å². The number of nitrogens with zero attached hydrogens (tertiary/aromatic N) is 3. The van der Waals surface area contributed by atoms with Crippen LogP contribution in [0.4, 0.5) is 0 Å². The number of rotatable bonds is 1. The fourth-order valence-corrected chi connectivity index (χ4v) is 1.85. The molecule has 0 aliphatic carbocycles. The molecule has 5 nitrogen and oxygen atoms in total. The Balaban J connectivity index is 2.17. The molecular weight excluding hydrogens is 192 g/mol. The predicted molar refractivity (Wildman–Crippen MR) is 56.6 cm³/mol. The molecule has 1 fully saturated rings. The second-order valence-corrected chi connectivity index (χ2v) is 3.94. The molecule has 2 rings (SSSR count). The predicted octanol–water partition coefficient (Wildman–Crippen LogP) is -0.146. The van der Waals surface area contributed by atoms with Crippen LogP contribution in [0.15, 0.2) is 12.5 Å². The highest BCUT2D eigenvalue weighted by Crippen LogP contribution is 2.09. The zero-order valence-corrected chi connectivity index (χ0v) is 9.10. The lowest BCUT2D eigenvalue weighted by Gasteiger charge is -2.33. The van der Waals surface area contributed by atoms with Crippen LogP contribution in [0.1, 0.15) is 17.4 Å². The highest BCUT2D eigenvalue weighted by Gasteiger charge is 2.25. The molecule has 1 aromatic heterocycles. The van der Waals surface area contributed by atoms with E-state index in [2.05, 4.69) is 17.2 Å². The largest absolute Gasteiger partial charge is 0.332 e. The van der Waals surface area contributed by atoms with Crippen molar-refractivity contribution in [2.75, 3.05) is 19.6 Å². The number of amides is 1. The Labute approximate surface area is 89.1 Å². The number of carbonyl (C=O) groups is 1. The standard InChI is InChI=1S/C10H16N4O/c1-8-5-11-3-4-14(8)10(15)9-6-12-7-13(9)2/h6-8,11H,3-5H2,1-2H3/t8-/m1/s1. The summed E-state index contributed by atoms with van der Waals surface area (Å²) in [7, 11) is 1.84. The second kappa shape index (κ2) is 4.02. The van der Waals surface area contributed by atoms with E-state index in [0.29, 0.717) is 5.69 Å². The van der Waals surface area contributed by atoms with Crippen LogP contribution >= 0.6 is 0 Å². The van der Waals surface area contributed by atoms with Gasteiger partial charge < -0.3 is 14.8 Å². The highest BCUT2D eigenvalue weighted by molar-refractivity contribution is 5.92. The molecule has 1 N–H and O–H groups in total. The third-order valence-electron chi connectivity index (χ3n) is 2.80. The quantitative estimate of drug-likeness (QED) is 0.698. The first-order valence-electron chi connectivity index (χ1n) is 5.18. The summed E-state index contributed by atoms with van der Waals surface area (Å²) in [5.41, 5.74) is 0.656. The molecule has 1 amide bonds. The lowest BCUT2D eigenvalue weighted by Crippen LogP contribution is -2.52. The maximum absolute atomic E-state index is 12.1. The first-order chi connectivity index (χ1) is 7.20. The van der Waals surface area contributed by atoms with Crippen molar-refractivity contribution in [3.63, 3.8) is 0 Å². The van der Waals surface area contributed by atoms with Gasteiger partial charge in [0, 0.05) is 32.7 Å². The first-order valence-corrected chi connectivity index (χ1v) is 5.18. The molecule has 15 heavy (non-hydrogen) atoms. The number of carbonyl (C=O) groups excluding carboxylic acids is 1. The van der Waals surface area contributed by atoms with E-state index in [-0.39, 0.29) is 11.9 Å². The minimum Gasteiger partial charge on any atom is -0.332 e. The second-order valence-electron chi connectivity index (χ2n) is 3.94. The Morgan fingerprint density at radius 1 is 1.67 bits per heavy atom. The van der Waals surface area contributed by atoms with Gasteiger partial charge in [0.15, 0.2) is 0 Å².